The van der Waals surface area contributed by atoms with Crippen LogP contribution in [-0.2, 0) is 14.3 Å². The Hall–Kier alpha value is -3.39. The molecule has 1 N–H and O–H groups in total. The third-order valence-electron chi connectivity index (χ3n) is 6.36. The summed E-state index contributed by atoms with van der Waals surface area (Å²) in [6.45, 7) is 1.10. The molecule has 4 heterocycles. The lowest BCUT2D eigenvalue weighted by Crippen LogP contribution is -2.41. The molecule has 0 aromatic heterocycles. The van der Waals surface area contributed by atoms with Crippen LogP contribution in [0.25, 0.3) is 0 Å². The predicted molar refractivity (Wildman–Crippen MR) is 109 cm³/mol. The van der Waals surface area contributed by atoms with Gasteiger partial charge in [0.25, 0.3) is 0 Å². The largest absolute Gasteiger partial charge is 0.486 e. The lowest BCUT2D eigenvalue weighted by atomic mass is 9.77. The molecule has 8 heteroatoms. The third kappa shape index (κ3) is 2.68. The molecule has 31 heavy (non-hydrogen) atoms. The monoisotopic (exact) mass is 422 g/mol. The van der Waals surface area contributed by atoms with E-state index in [1.807, 2.05) is 12.2 Å². The fourth-order valence-corrected chi connectivity index (χ4v) is 5.02. The lowest BCUT2D eigenvalue weighted by Gasteiger charge is -2.24. The van der Waals surface area contributed by atoms with Crippen molar-refractivity contribution >= 4 is 23.2 Å². The fourth-order valence-electron chi connectivity index (χ4n) is 5.02. The normalized spacial score (nSPS) is 29.9. The Bertz CT molecular complexity index is 1130. The van der Waals surface area contributed by atoms with E-state index in [4.69, 9.17) is 14.2 Å². The van der Waals surface area contributed by atoms with Crippen molar-refractivity contribution in [2.75, 3.05) is 30.0 Å². The van der Waals surface area contributed by atoms with E-state index in [0.29, 0.717) is 30.4 Å². The number of nitrogens with one attached hydrogen (secondary N) is 1. The van der Waals surface area contributed by atoms with Crippen LogP contribution >= 0.6 is 0 Å². The fraction of sp³-hybridized carbons (Fsp3) is 0.304. The molecule has 6 rings (SSSR count). The highest BCUT2D eigenvalue weighted by molar-refractivity contribution is 6.05. The first-order valence-electron chi connectivity index (χ1n) is 10.2. The summed E-state index contributed by atoms with van der Waals surface area (Å²) in [6.07, 6.45) is 3.17. The van der Waals surface area contributed by atoms with Gasteiger partial charge in [-0.1, -0.05) is 24.3 Å². The van der Waals surface area contributed by atoms with Crippen molar-refractivity contribution in [3.63, 3.8) is 0 Å². The number of hydrogen-bond acceptors (Lipinski definition) is 5. The Balaban J connectivity index is 1.28. The summed E-state index contributed by atoms with van der Waals surface area (Å²) in [4.78, 5) is 27.9. The van der Waals surface area contributed by atoms with E-state index in [1.54, 1.807) is 36.4 Å². The molecule has 2 aromatic rings. The summed E-state index contributed by atoms with van der Waals surface area (Å²) >= 11 is 0. The Morgan fingerprint density at radius 1 is 1.13 bits per heavy atom. The van der Waals surface area contributed by atoms with Crippen molar-refractivity contribution in [1.82, 2.24) is 0 Å². The Morgan fingerprint density at radius 2 is 1.94 bits per heavy atom. The zero-order valence-corrected chi connectivity index (χ0v) is 16.4. The van der Waals surface area contributed by atoms with Gasteiger partial charge in [-0.05, 0) is 24.3 Å². The molecule has 2 saturated heterocycles. The zero-order chi connectivity index (χ0) is 21.2. The van der Waals surface area contributed by atoms with E-state index >= 15 is 0 Å². The number of carbonyl (C=O) groups is 2. The van der Waals surface area contributed by atoms with Crippen LogP contribution in [0.3, 0.4) is 0 Å². The molecular weight excluding hydrogens is 403 g/mol. The highest BCUT2D eigenvalue weighted by Gasteiger charge is 2.67. The molecular formula is C23H19FN2O5. The van der Waals surface area contributed by atoms with Crippen molar-refractivity contribution in [3.05, 3.63) is 60.4 Å². The van der Waals surface area contributed by atoms with Crippen molar-refractivity contribution in [2.24, 2.45) is 11.8 Å². The van der Waals surface area contributed by atoms with E-state index in [0.717, 1.165) is 0 Å². The molecule has 0 aliphatic carbocycles. The van der Waals surface area contributed by atoms with Gasteiger partial charge in [-0.25, -0.2) is 4.39 Å². The molecule has 0 saturated carbocycles. The summed E-state index contributed by atoms with van der Waals surface area (Å²) in [5.74, 6) is -1.33. The first-order chi connectivity index (χ1) is 15.1. The van der Waals surface area contributed by atoms with E-state index in [9.17, 15) is 14.0 Å². The van der Waals surface area contributed by atoms with Crippen molar-refractivity contribution < 1.29 is 28.2 Å². The minimum atomic E-state index is -0.918. The van der Waals surface area contributed by atoms with Crippen LogP contribution in [0.4, 0.5) is 15.8 Å². The molecule has 158 valence electrons. The van der Waals surface area contributed by atoms with E-state index in [-0.39, 0.29) is 24.0 Å². The first-order valence-corrected chi connectivity index (χ1v) is 10.2. The average molecular weight is 422 g/mol. The number of fused-ring (bicyclic) bond motifs is 2. The van der Waals surface area contributed by atoms with Gasteiger partial charge in [-0.2, -0.15) is 0 Å². The van der Waals surface area contributed by atoms with Gasteiger partial charge in [-0.3, -0.25) is 9.59 Å². The van der Waals surface area contributed by atoms with Crippen LogP contribution in [0, 0.1) is 17.7 Å². The number of carbonyl (C=O) groups excluding carboxylic acids is 2. The summed E-state index contributed by atoms with van der Waals surface area (Å²) in [5, 5.41) is 2.88. The molecule has 4 aliphatic rings. The Kier molecular flexibility index (Phi) is 3.89. The molecule has 2 aromatic carbocycles. The minimum Gasteiger partial charge on any atom is -0.486 e. The molecule has 4 atom stereocenters. The maximum Gasteiger partial charge on any atom is 0.234 e. The quantitative estimate of drug-likeness (QED) is 0.770. The maximum absolute atomic E-state index is 14.4. The number of hydrogen-bond donors (Lipinski definition) is 1. The molecule has 1 spiro atoms. The van der Waals surface area contributed by atoms with E-state index in [2.05, 4.69) is 5.32 Å². The Morgan fingerprint density at radius 3 is 2.77 bits per heavy atom. The molecule has 2 bridgehead atoms. The van der Waals surface area contributed by atoms with Gasteiger partial charge in [0, 0.05) is 11.8 Å². The second-order valence-electron chi connectivity index (χ2n) is 8.12. The maximum atomic E-state index is 14.4. The standard InChI is InChI=1S/C23H19FN2O5/c24-14-3-1-2-4-15(14)26-12-23-8-7-17(31-23)19(20(23)22(26)28)21(27)25-13-5-6-16-18(11-13)30-10-9-29-16/h1-8,11,17,19-20H,9-10,12H2,(H,25,27)/t17-,19+,20+,23+/m1/s1. The van der Waals surface area contributed by atoms with Gasteiger partial charge in [0.2, 0.25) is 11.8 Å². The van der Waals surface area contributed by atoms with Crippen LogP contribution < -0.4 is 19.7 Å². The number of amides is 2. The van der Waals surface area contributed by atoms with E-state index < -0.39 is 29.4 Å². The third-order valence-corrected chi connectivity index (χ3v) is 6.36. The smallest absolute Gasteiger partial charge is 0.234 e. The second-order valence-corrected chi connectivity index (χ2v) is 8.12. The summed E-state index contributed by atoms with van der Waals surface area (Å²) in [5.41, 5.74) is -0.173. The van der Waals surface area contributed by atoms with Gasteiger partial charge in [0.1, 0.15) is 24.6 Å². The topological polar surface area (TPSA) is 77.1 Å². The number of benzene rings is 2. The molecule has 0 unspecified atom stereocenters. The number of anilines is 2. The number of rotatable bonds is 3. The van der Waals surface area contributed by atoms with Crippen LogP contribution in [0.15, 0.2) is 54.6 Å². The zero-order valence-electron chi connectivity index (χ0n) is 16.4. The second kappa shape index (κ2) is 6.55. The molecule has 2 fully saturated rings. The van der Waals surface area contributed by atoms with Gasteiger partial charge < -0.3 is 24.4 Å². The van der Waals surface area contributed by atoms with Crippen LogP contribution in [-0.4, -0.2) is 43.3 Å². The number of para-hydroxylation sites is 1. The first kappa shape index (κ1) is 18.4. The van der Waals surface area contributed by atoms with Gasteiger partial charge >= 0.3 is 0 Å². The number of halogens is 1. The van der Waals surface area contributed by atoms with Crippen molar-refractivity contribution in [3.8, 4) is 11.5 Å². The Labute approximate surface area is 177 Å². The number of nitrogens with zero attached hydrogens (tertiary/aromatic N) is 1. The van der Waals surface area contributed by atoms with Crippen molar-refractivity contribution in [2.45, 2.75) is 11.7 Å². The average Bonchev–Trinajstić information content (AvgIpc) is 3.42. The summed E-state index contributed by atoms with van der Waals surface area (Å²) < 4.78 is 31.5. The van der Waals surface area contributed by atoms with Crippen LogP contribution in [0.1, 0.15) is 0 Å². The van der Waals surface area contributed by atoms with Gasteiger partial charge in [0.05, 0.1) is 30.2 Å². The molecule has 2 amide bonds. The summed E-state index contributed by atoms with van der Waals surface area (Å²) in [7, 11) is 0. The highest BCUT2D eigenvalue weighted by Crippen LogP contribution is 2.53. The molecule has 7 nitrogen and oxygen atoms in total. The summed E-state index contributed by atoms with van der Waals surface area (Å²) in [6, 6.07) is 11.3. The predicted octanol–water partition coefficient (Wildman–Crippen LogP) is 2.52. The lowest BCUT2D eigenvalue weighted by molar-refractivity contribution is -0.128. The SMILES string of the molecule is O=C(Nc1ccc2c(c1)OCCO2)[C@@H]1[C@H]2C(=O)N(c3ccccc3F)C[C@@]23C=C[C@H]1O3. The van der Waals surface area contributed by atoms with Crippen molar-refractivity contribution in [1.29, 1.82) is 0 Å². The van der Waals surface area contributed by atoms with E-state index in [1.165, 1.54) is 11.0 Å². The van der Waals surface area contributed by atoms with Crippen LogP contribution in [0.2, 0.25) is 0 Å². The highest BCUT2D eigenvalue weighted by atomic mass is 19.1. The molecule has 4 aliphatic heterocycles. The van der Waals surface area contributed by atoms with Gasteiger partial charge in [-0.15, -0.1) is 0 Å². The molecule has 0 radical (unpaired) electrons. The minimum absolute atomic E-state index is 0.179. The van der Waals surface area contributed by atoms with Crippen LogP contribution in [0.5, 0.6) is 11.5 Å². The van der Waals surface area contributed by atoms with Gasteiger partial charge in [0.15, 0.2) is 11.5 Å². The number of ether oxygens (including phenoxy) is 3.